The maximum absolute atomic E-state index is 12.5. The molecule has 2 rings (SSSR count). The first-order valence-corrected chi connectivity index (χ1v) is 4.38. The fourth-order valence-electron chi connectivity index (χ4n) is 1.19. The van der Waals surface area contributed by atoms with Crippen LogP contribution in [-0.2, 0) is 6.18 Å². The highest BCUT2D eigenvalue weighted by molar-refractivity contribution is 5.20. The van der Waals surface area contributed by atoms with Gasteiger partial charge in [0.15, 0.2) is 0 Å². The molecule has 0 N–H and O–H groups in total. The second kappa shape index (κ2) is 3.58. The molecule has 0 amide bonds. The number of rotatable bonds is 1. The van der Waals surface area contributed by atoms with Crippen LogP contribution in [0.25, 0.3) is 5.95 Å². The predicted octanol–water partition coefficient (Wildman–Crippen LogP) is 1.99. The quantitative estimate of drug-likeness (QED) is 0.749. The average Bonchev–Trinajstić information content (AvgIpc) is 2.68. The molecule has 0 aliphatic rings. The van der Waals surface area contributed by atoms with Gasteiger partial charge in [-0.2, -0.15) is 13.2 Å². The van der Waals surface area contributed by atoms with Crippen molar-refractivity contribution in [3.05, 3.63) is 36.2 Å². The van der Waals surface area contributed by atoms with Crippen molar-refractivity contribution in [1.29, 1.82) is 0 Å². The number of nitrogens with zero attached hydrogens (tertiary/aromatic N) is 4. The molecule has 0 saturated carbocycles. The number of imidazole rings is 1. The summed E-state index contributed by atoms with van der Waals surface area (Å²) in [7, 11) is 0. The van der Waals surface area contributed by atoms with E-state index in [2.05, 4.69) is 15.0 Å². The number of aryl methyl sites for hydroxylation is 1. The Balaban J connectivity index is 2.53. The molecular formula is C9H7F3N4. The van der Waals surface area contributed by atoms with E-state index in [0.29, 0.717) is 0 Å². The number of hydrogen-bond acceptors (Lipinski definition) is 3. The van der Waals surface area contributed by atoms with Crippen LogP contribution < -0.4 is 0 Å². The average molecular weight is 228 g/mol. The predicted molar refractivity (Wildman–Crippen MR) is 48.9 cm³/mol. The Hall–Kier alpha value is -1.92. The van der Waals surface area contributed by atoms with Crippen molar-refractivity contribution in [2.24, 2.45) is 0 Å². The first kappa shape index (κ1) is 10.6. The second-order valence-corrected chi connectivity index (χ2v) is 3.16. The summed E-state index contributed by atoms with van der Waals surface area (Å²) in [5, 5.41) is 0. The zero-order valence-corrected chi connectivity index (χ0v) is 8.23. The number of halogens is 3. The van der Waals surface area contributed by atoms with Gasteiger partial charge in [-0.15, -0.1) is 0 Å². The van der Waals surface area contributed by atoms with E-state index < -0.39 is 11.9 Å². The maximum atomic E-state index is 12.5. The van der Waals surface area contributed by atoms with Crippen LogP contribution in [0.1, 0.15) is 11.4 Å². The lowest BCUT2D eigenvalue weighted by Gasteiger charge is -2.08. The minimum Gasteiger partial charge on any atom is -0.274 e. The molecule has 0 aliphatic heterocycles. The van der Waals surface area contributed by atoms with Gasteiger partial charge in [0.25, 0.3) is 0 Å². The van der Waals surface area contributed by atoms with Gasteiger partial charge in [0.1, 0.15) is 12.0 Å². The summed E-state index contributed by atoms with van der Waals surface area (Å²) in [6.45, 7) is 1.48. The van der Waals surface area contributed by atoms with E-state index in [0.717, 1.165) is 6.07 Å². The van der Waals surface area contributed by atoms with Gasteiger partial charge in [0, 0.05) is 18.1 Å². The molecule has 2 aromatic rings. The lowest BCUT2D eigenvalue weighted by Crippen LogP contribution is -2.12. The fraction of sp³-hybridized carbons (Fsp3) is 0.222. The standard InChI is InChI=1S/C9H7F3N4/c1-6-4-7(9(10,11)12)15-8(14-6)16-3-2-13-5-16/h2-5H,1H3. The highest BCUT2D eigenvalue weighted by Crippen LogP contribution is 2.28. The molecular weight excluding hydrogens is 221 g/mol. The van der Waals surface area contributed by atoms with Crippen LogP contribution in [0.3, 0.4) is 0 Å². The third kappa shape index (κ3) is 2.02. The molecule has 84 valence electrons. The fourth-order valence-corrected chi connectivity index (χ4v) is 1.19. The highest BCUT2D eigenvalue weighted by Gasteiger charge is 2.33. The first-order valence-electron chi connectivity index (χ1n) is 4.38. The summed E-state index contributed by atoms with van der Waals surface area (Å²) < 4.78 is 38.7. The van der Waals surface area contributed by atoms with E-state index in [4.69, 9.17) is 0 Å². The van der Waals surface area contributed by atoms with E-state index in [-0.39, 0.29) is 11.6 Å². The van der Waals surface area contributed by atoms with Gasteiger partial charge in [-0.25, -0.2) is 15.0 Å². The smallest absolute Gasteiger partial charge is 0.274 e. The van der Waals surface area contributed by atoms with Crippen LogP contribution in [-0.4, -0.2) is 19.5 Å². The van der Waals surface area contributed by atoms with Gasteiger partial charge in [-0.3, -0.25) is 4.57 Å². The highest BCUT2D eigenvalue weighted by atomic mass is 19.4. The molecule has 2 aromatic heterocycles. The molecule has 0 spiro atoms. The second-order valence-electron chi connectivity index (χ2n) is 3.16. The Morgan fingerprint density at radius 2 is 2.00 bits per heavy atom. The van der Waals surface area contributed by atoms with Gasteiger partial charge in [-0.1, -0.05) is 0 Å². The third-order valence-corrected chi connectivity index (χ3v) is 1.87. The van der Waals surface area contributed by atoms with Gasteiger partial charge in [-0.05, 0) is 13.0 Å². The zero-order chi connectivity index (χ0) is 11.8. The van der Waals surface area contributed by atoms with E-state index in [1.807, 2.05) is 0 Å². The molecule has 0 fully saturated rings. The minimum absolute atomic E-state index is 0.0372. The first-order chi connectivity index (χ1) is 7.47. The van der Waals surface area contributed by atoms with Crippen LogP contribution in [0.2, 0.25) is 0 Å². The Bertz CT molecular complexity index is 490. The van der Waals surface area contributed by atoms with E-state index in [1.54, 1.807) is 0 Å². The summed E-state index contributed by atoms with van der Waals surface area (Å²) >= 11 is 0. The Kier molecular flexibility index (Phi) is 2.37. The topological polar surface area (TPSA) is 43.6 Å². The van der Waals surface area contributed by atoms with Crippen LogP contribution in [0.15, 0.2) is 24.8 Å². The summed E-state index contributed by atoms with van der Waals surface area (Å²) in [4.78, 5) is 11.1. The molecule has 2 heterocycles. The van der Waals surface area contributed by atoms with Crippen LogP contribution in [0.4, 0.5) is 13.2 Å². The lowest BCUT2D eigenvalue weighted by atomic mass is 10.3. The molecule has 4 nitrogen and oxygen atoms in total. The van der Waals surface area contributed by atoms with Crippen LogP contribution >= 0.6 is 0 Å². The Morgan fingerprint density at radius 1 is 1.25 bits per heavy atom. The van der Waals surface area contributed by atoms with Crippen LogP contribution in [0, 0.1) is 6.92 Å². The van der Waals surface area contributed by atoms with Gasteiger partial charge in [0.05, 0.1) is 0 Å². The van der Waals surface area contributed by atoms with E-state index >= 15 is 0 Å². The molecule has 0 atom stereocenters. The van der Waals surface area contributed by atoms with E-state index in [9.17, 15) is 13.2 Å². The number of aromatic nitrogens is 4. The third-order valence-electron chi connectivity index (χ3n) is 1.87. The van der Waals surface area contributed by atoms with E-state index in [1.165, 1.54) is 30.2 Å². The van der Waals surface area contributed by atoms with Crippen molar-refractivity contribution in [3.63, 3.8) is 0 Å². The summed E-state index contributed by atoms with van der Waals surface area (Å²) in [5.74, 6) is -0.0372. The minimum atomic E-state index is -4.47. The molecule has 0 unspecified atom stereocenters. The van der Waals surface area contributed by atoms with Crippen molar-refractivity contribution in [1.82, 2.24) is 19.5 Å². The monoisotopic (exact) mass is 228 g/mol. The largest absolute Gasteiger partial charge is 0.433 e. The van der Waals surface area contributed by atoms with Crippen molar-refractivity contribution < 1.29 is 13.2 Å². The summed E-state index contributed by atoms with van der Waals surface area (Å²) in [6.07, 6.45) is -0.203. The Labute approximate surface area is 88.8 Å². The van der Waals surface area contributed by atoms with Gasteiger partial charge < -0.3 is 0 Å². The summed E-state index contributed by atoms with van der Waals surface area (Å²) in [6, 6.07) is 0.903. The van der Waals surface area contributed by atoms with Crippen molar-refractivity contribution in [2.45, 2.75) is 13.1 Å². The molecule has 0 bridgehead atoms. The van der Waals surface area contributed by atoms with Crippen molar-refractivity contribution >= 4 is 0 Å². The van der Waals surface area contributed by atoms with Gasteiger partial charge in [0.2, 0.25) is 5.95 Å². The Morgan fingerprint density at radius 3 is 2.56 bits per heavy atom. The zero-order valence-electron chi connectivity index (χ0n) is 8.23. The SMILES string of the molecule is Cc1cc(C(F)(F)F)nc(-n2ccnc2)n1. The maximum Gasteiger partial charge on any atom is 0.433 e. The molecule has 0 saturated heterocycles. The van der Waals surface area contributed by atoms with Crippen molar-refractivity contribution in [3.8, 4) is 5.95 Å². The van der Waals surface area contributed by atoms with Crippen LogP contribution in [0.5, 0.6) is 0 Å². The molecule has 0 radical (unpaired) electrons. The lowest BCUT2D eigenvalue weighted by molar-refractivity contribution is -0.141. The number of hydrogen-bond donors (Lipinski definition) is 0. The molecule has 7 heteroatoms. The normalized spacial score (nSPS) is 11.8. The van der Waals surface area contributed by atoms with Crippen molar-refractivity contribution in [2.75, 3.05) is 0 Å². The summed E-state index contributed by atoms with van der Waals surface area (Å²) in [5.41, 5.74) is -0.699. The molecule has 0 aromatic carbocycles. The van der Waals surface area contributed by atoms with Gasteiger partial charge >= 0.3 is 6.18 Å². The molecule has 0 aliphatic carbocycles. The number of alkyl halides is 3. The molecule has 16 heavy (non-hydrogen) atoms.